The Balaban J connectivity index is 2.02. The van der Waals surface area contributed by atoms with Crippen molar-refractivity contribution in [2.45, 2.75) is 45.8 Å². The van der Waals surface area contributed by atoms with Crippen LogP contribution in [0.25, 0.3) is 0 Å². The maximum atomic E-state index is 11.9. The van der Waals surface area contributed by atoms with Crippen LogP contribution in [-0.2, 0) is 11.4 Å². The summed E-state index contributed by atoms with van der Waals surface area (Å²) < 4.78 is 5.72. The Hall–Kier alpha value is -2.34. The third-order valence-electron chi connectivity index (χ3n) is 4.01. The zero-order valence-corrected chi connectivity index (χ0v) is 13.5. The second-order valence-electron chi connectivity index (χ2n) is 6.11. The molecule has 23 heavy (non-hydrogen) atoms. The van der Waals surface area contributed by atoms with E-state index in [1.807, 2.05) is 39.0 Å². The minimum absolute atomic E-state index is 0.0364. The largest absolute Gasteiger partial charge is 0.491 e. The fourth-order valence-corrected chi connectivity index (χ4v) is 3.02. The molecule has 1 atom stereocenters. The Morgan fingerprint density at radius 2 is 2.22 bits per heavy atom. The summed E-state index contributed by atoms with van der Waals surface area (Å²) in [5, 5.41) is 19.5. The number of H-pyrrole nitrogens is 1. The van der Waals surface area contributed by atoms with Crippen molar-refractivity contribution in [2.24, 2.45) is 0 Å². The van der Waals surface area contributed by atoms with E-state index in [4.69, 9.17) is 4.74 Å². The van der Waals surface area contributed by atoms with Crippen LogP contribution in [0.5, 0.6) is 5.75 Å². The molecule has 6 heteroatoms. The summed E-state index contributed by atoms with van der Waals surface area (Å²) in [6, 6.07) is 5.73. The number of benzene rings is 1. The topological polar surface area (TPSA) is 87.2 Å². The van der Waals surface area contributed by atoms with Gasteiger partial charge in [-0.1, -0.05) is 6.07 Å². The van der Waals surface area contributed by atoms with E-state index in [0.717, 1.165) is 22.4 Å². The molecule has 0 bridgehead atoms. The molecule has 1 aromatic carbocycles. The van der Waals surface area contributed by atoms with Gasteiger partial charge in [-0.05, 0) is 38.5 Å². The lowest BCUT2D eigenvalue weighted by Gasteiger charge is -2.24. The number of fused-ring (bicyclic) bond motifs is 1. The minimum atomic E-state index is -0.105. The predicted octanol–water partition coefficient (Wildman–Crippen LogP) is 2.47. The van der Waals surface area contributed by atoms with E-state index < -0.39 is 0 Å². The number of amides is 1. The molecular formula is C17H21N3O3. The number of rotatable bonds is 4. The number of anilines is 1. The minimum Gasteiger partial charge on any atom is -0.491 e. The molecular weight excluding hydrogens is 294 g/mol. The number of aromatic amines is 1. The standard InChI is InChI=1S/C17H21N3O3/c1-9(2)23-14-5-4-11(6-12(14)8-21)13-7-15(22)18-17-16(13)10(3)19-20-17/h4-6,9,13,21H,7-8H2,1-3H3,(H2,18,19,20,22). The number of carbonyl (C=O) groups excluding carboxylic acids is 1. The van der Waals surface area contributed by atoms with E-state index in [1.54, 1.807) is 0 Å². The van der Waals surface area contributed by atoms with Gasteiger partial charge in [-0.2, -0.15) is 5.10 Å². The Morgan fingerprint density at radius 1 is 1.43 bits per heavy atom. The van der Waals surface area contributed by atoms with Crippen molar-refractivity contribution in [3.8, 4) is 5.75 Å². The molecule has 3 N–H and O–H groups in total. The normalized spacial score (nSPS) is 17.1. The number of carbonyl (C=O) groups is 1. The molecule has 2 aromatic rings. The van der Waals surface area contributed by atoms with Gasteiger partial charge >= 0.3 is 0 Å². The lowest BCUT2D eigenvalue weighted by Crippen LogP contribution is -2.23. The molecule has 1 unspecified atom stereocenters. The number of aliphatic hydroxyl groups excluding tert-OH is 1. The van der Waals surface area contributed by atoms with E-state index in [1.165, 1.54) is 0 Å². The van der Waals surface area contributed by atoms with Gasteiger partial charge in [0.15, 0.2) is 5.82 Å². The summed E-state index contributed by atoms with van der Waals surface area (Å²) >= 11 is 0. The Labute approximate surface area is 134 Å². The quantitative estimate of drug-likeness (QED) is 0.809. The van der Waals surface area contributed by atoms with Crippen LogP contribution >= 0.6 is 0 Å². The van der Waals surface area contributed by atoms with Crippen LogP contribution in [-0.4, -0.2) is 27.3 Å². The van der Waals surface area contributed by atoms with Crippen LogP contribution in [0.3, 0.4) is 0 Å². The highest BCUT2D eigenvalue weighted by molar-refractivity contribution is 5.94. The molecule has 0 fully saturated rings. The first-order valence-corrected chi connectivity index (χ1v) is 7.74. The van der Waals surface area contributed by atoms with Crippen LogP contribution < -0.4 is 10.1 Å². The van der Waals surface area contributed by atoms with Crippen molar-refractivity contribution in [3.05, 3.63) is 40.6 Å². The smallest absolute Gasteiger partial charge is 0.226 e. The molecule has 0 radical (unpaired) electrons. The lowest BCUT2D eigenvalue weighted by atomic mass is 9.85. The molecule has 1 amide bonds. The van der Waals surface area contributed by atoms with Crippen LogP contribution in [0.1, 0.15) is 48.6 Å². The highest BCUT2D eigenvalue weighted by Gasteiger charge is 2.30. The predicted molar refractivity (Wildman–Crippen MR) is 86.5 cm³/mol. The first-order valence-electron chi connectivity index (χ1n) is 7.74. The molecule has 1 aromatic heterocycles. The Bertz CT molecular complexity index is 737. The summed E-state index contributed by atoms with van der Waals surface area (Å²) in [6.07, 6.45) is 0.400. The zero-order chi connectivity index (χ0) is 16.6. The van der Waals surface area contributed by atoms with Gasteiger partial charge in [0.1, 0.15) is 5.75 Å². The maximum absolute atomic E-state index is 11.9. The van der Waals surface area contributed by atoms with Crippen LogP contribution in [0.2, 0.25) is 0 Å². The second-order valence-corrected chi connectivity index (χ2v) is 6.11. The number of nitrogens with one attached hydrogen (secondary N) is 2. The molecule has 0 saturated carbocycles. The Kier molecular flexibility index (Phi) is 4.09. The molecule has 3 rings (SSSR count). The molecule has 1 aliphatic rings. The number of ether oxygens (including phenoxy) is 1. The van der Waals surface area contributed by atoms with Gasteiger partial charge in [-0.25, -0.2) is 0 Å². The summed E-state index contributed by atoms with van der Waals surface area (Å²) in [5.41, 5.74) is 3.65. The molecule has 0 aliphatic carbocycles. The molecule has 2 heterocycles. The van der Waals surface area contributed by atoms with Crippen molar-refractivity contribution >= 4 is 11.7 Å². The lowest BCUT2D eigenvalue weighted by molar-refractivity contribution is -0.116. The summed E-state index contributed by atoms with van der Waals surface area (Å²) in [6.45, 7) is 5.73. The fourth-order valence-electron chi connectivity index (χ4n) is 3.02. The van der Waals surface area contributed by atoms with E-state index in [9.17, 15) is 9.90 Å². The summed E-state index contributed by atoms with van der Waals surface area (Å²) in [4.78, 5) is 11.9. The van der Waals surface area contributed by atoms with Crippen molar-refractivity contribution in [3.63, 3.8) is 0 Å². The average Bonchev–Trinajstić information content (AvgIpc) is 2.87. The van der Waals surface area contributed by atoms with Crippen molar-refractivity contribution in [1.29, 1.82) is 0 Å². The van der Waals surface area contributed by atoms with Gasteiger partial charge in [-0.3, -0.25) is 9.89 Å². The van der Waals surface area contributed by atoms with Gasteiger partial charge in [-0.15, -0.1) is 0 Å². The first-order chi connectivity index (χ1) is 11.0. The molecule has 6 nitrogen and oxygen atoms in total. The number of hydrogen-bond acceptors (Lipinski definition) is 4. The summed E-state index contributed by atoms with van der Waals surface area (Å²) in [5.74, 6) is 1.14. The number of nitrogens with zero attached hydrogens (tertiary/aromatic N) is 1. The summed E-state index contributed by atoms with van der Waals surface area (Å²) in [7, 11) is 0. The highest BCUT2D eigenvalue weighted by atomic mass is 16.5. The van der Waals surface area contributed by atoms with E-state index >= 15 is 0 Å². The van der Waals surface area contributed by atoms with E-state index in [-0.39, 0.29) is 24.5 Å². The number of aliphatic hydroxyl groups is 1. The van der Waals surface area contributed by atoms with Gasteiger partial charge in [0.25, 0.3) is 0 Å². The monoisotopic (exact) mass is 315 g/mol. The molecule has 0 saturated heterocycles. The van der Waals surface area contributed by atoms with E-state index in [2.05, 4.69) is 15.5 Å². The third kappa shape index (κ3) is 2.94. The Morgan fingerprint density at radius 3 is 2.91 bits per heavy atom. The highest BCUT2D eigenvalue weighted by Crippen LogP contribution is 2.39. The van der Waals surface area contributed by atoms with Crippen LogP contribution in [0.4, 0.5) is 5.82 Å². The molecule has 0 spiro atoms. The molecule has 1 aliphatic heterocycles. The molecule has 122 valence electrons. The van der Waals surface area contributed by atoms with Crippen molar-refractivity contribution in [1.82, 2.24) is 10.2 Å². The average molecular weight is 315 g/mol. The number of hydrogen-bond donors (Lipinski definition) is 3. The van der Waals surface area contributed by atoms with Crippen molar-refractivity contribution < 1.29 is 14.6 Å². The second kappa shape index (κ2) is 6.04. The van der Waals surface area contributed by atoms with Crippen LogP contribution in [0.15, 0.2) is 18.2 Å². The van der Waals surface area contributed by atoms with Gasteiger partial charge in [0.05, 0.1) is 12.7 Å². The SMILES string of the molecule is Cc1[nH]nc2c1C(c1ccc(OC(C)C)c(CO)c1)CC(=O)N2. The van der Waals surface area contributed by atoms with Gasteiger partial charge < -0.3 is 15.2 Å². The van der Waals surface area contributed by atoms with Gasteiger partial charge in [0.2, 0.25) is 5.91 Å². The third-order valence-corrected chi connectivity index (χ3v) is 4.01. The first kappa shape index (κ1) is 15.6. The fraction of sp³-hybridized carbons (Fsp3) is 0.412. The van der Waals surface area contributed by atoms with Gasteiger partial charge in [0, 0.05) is 29.2 Å². The maximum Gasteiger partial charge on any atom is 0.226 e. The number of aromatic nitrogens is 2. The van der Waals surface area contributed by atoms with E-state index in [0.29, 0.717) is 18.0 Å². The zero-order valence-electron chi connectivity index (χ0n) is 13.5. The van der Waals surface area contributed by atoms with Crippen LogP contribution in [0, 0.1) is 6.92 Å². The number of aryl methyl sites for hydroxylation is 1. The van der Waals surface area contributed by atoms with Crippen molar-refractivity contribution in [2.75, 3.05) is 5.32 Å².